The Labute approximate surface area is 97.3 Å². The molecule has 0 spiro atoms. The molecule has 0 saturated carbocycles. The third-order valence-corrected chi connectivity index (χ3v) is 2.43. The van der Waals surface area contributed by atoms with Gasteiger partial charge in [0.1, 0.15) is 11.6 Å². The smallest absolute Gasteiger partial charge is 0.213 e. The van der Waals surface area contributed by atoms with Crippen LogP contribution in [-0.4, -0.2) is 15.2 Å². The predicted octanol–water partition coefficient (Wildman–Crippen LogP) is 1.77. The fraction of sp³-hybridized carbons (Fsp3) is 0.273. The summed E-state index contributed by atoms with van der Waals surface area (Å²) in [6, 6.07) is 3.79. The fourth-order valence-electron chi connectivity index (χ4n) is 1.51. The topological polar surface area (TPSA) is 71.2 Å². The van der Waals surface area contributed by atoms with Crippen molar-refractivity contribution >= 4 is 0 Å². The van der Waals surface area contributed by atoms with Crippen LogP contribution in [0.4, 0.5) is 4.39 Å². The van der Waals surface area contributed by atoms with E-state index >= 15 is 0 Å². The van der Waals surface area contributed by atoms with E-state index in [1.807, 2.05) is 6.92 Å². The molecule has 0 bridgehead atoms. The average Bonchev–Trinajstić information content (AvgIpc) is 2.78. The van der Waals surface area contributed by atoms with Gasteiger partial charge in [-0.15, -0.1) is 0 Å². The fourth-order valence-corrected chi connectivity index (χ4v) is 1.51. The lowest BCUT2D eigenvalue weighted by Crippen LogP contribution is -2.19. The number of nitrogens with zero attached hydrogens (tertiary/aromatic N) is 2. The third-order valence-electron chi connectivity index (χ3n) is 2.43. The Balaban J connectivity index is 2.01. The zero-order valence-corrected chi connectivity index (χ0v) is 9.22. The van der Waals surface area contributed by atoms with Gasteiger partial charge in [-0.2, -0.15) is 4.98 Å². The van der Waals surface area contributed by atoms with Gasteiger partial charge in [-0.05, 0) is 13.0 Å². The largest absolute Gasteiger partial charge is 0.508 e. The van der Waals surface area contributed by atoms with Crippen LogP contribution >= 0.6 is 0 Å². The van der Waals surface area contributed by atoms with Crippen LogP contribution < -0.4 is 5.32 Å². The molecular formula is C11H12FN3O2. The molecule has 90 valence electrons. The van der Waals surface area contributed by atoms with E-state index in [1.54, 1.807) is 6.07 Å². The first-order valence-corrected chi connectivity index (χ1v) is 5.14. The van der Waals surface area contributed by atoms with Crippen molar-refractivity contribution in [2.45, 2.75) is 19.5 Å². The van der Waals surface area contributed by atoms with Crippen molar-refractivity contribution in [1.82, 2.24) is 15.5 Å². The molecule has 2 N–H and O–H groups in total. The minimum Gasteiger partial charge on any atom is -0.508 e. The van der Waals surface area contributed by atoms with Crippen molar-refractivity contribution < 1.29 is 14.0 Å². The summed E-state index contributed by atoms with van der Waals surface area (Å²) in [4.78, 5) is 3.86. The van der Waals surface area contributed by atoms with Gasteiger partial charge >= 0.3 is 0 Å². The Morgan fingerprint density at radius 1 is 1.53 bits per heavy atom. The highest BCUT2D eigenvalue weighted by atomic mass is 19.1. The van der Waals surface area contributed by atoms with E-state index in [-0.39, 0.29) is 11.8 Å². The van der Waals surface area contributed by atoms with Crippen molar-refractivity contribution in [3.05, 3.63) is 41.8 Å². The van der Waals surface area contributed by atoms with Crippen LogP contribution in [0.2, 0.25) is 0 Å². The van der Waals surface area contributed by atoms with Gasteiger partial charge in [0.05, 0.1) is 6.54 Å². The quantitative estimate of drug-likeness (QED) is 0.847. The Kier molecular flexibility index (Phi) is 3.34. The lowest BCUT2D eigenvalue weighted by atomic mass is 10.1. The van der Waals surface area contributed by atoms with Gasteiger partial charge in [0, 0.05) is 17.7 Å². The van der Waals surface area contributed by atoms with Gasteiger partial charge in [0.25, 0.3) is 0 Å². The van der Waals surface area contributed by atoms with E-state index in [1.165, 1.54) is 12.5 Å². The van der Waals surface area contributed by atoms with Crippen molar-refractivity contribution in [2.24, 2.45) is 0 Å². The van der Waals surface area contributed by atoms with Crippen LogP contribution in [0.25, 0.3) is 0 Å². The van der Waals surface area contributed by atoms with Crippen molar-refractivity contribution in [2.75, 3.05) is 0 Å². The van der Waals surface area contributed by atoms with Gasteiger partial charge in [-0.1, -0.05) is 11.2 Å². The van der Waals surface area contributed by atoms with E-state index in [2.05, 4.69) is 20.0 Å². The number of hydrogen-bond acceptors (Lipinski definition) is 5. The first-order chi connectivity index (χ1) is 8.16. The molecule has 2 rings (SSSR count). The van der Waals surface area contributed by atoms with Crippen LogP contribution in [0.5, 0.6) is 5.75 Å². The molecule has 2 aromatic rings. The highest BCUT2D eigenvalue weighted by molar-refractivity contribution is 5.34. The summed E-state index contributed by atoms with van der Waals surface area (Å²) in [5, 5.41) is 16.3. The second kappa shape index (κ2) is 4.92. The molecule has 0 saturated heterocycles. The first kappa shape index (κ1) is 11.5. The third kappa shape index (κ3) is 2.79. The van der Waals surface area contributed by atoms with Crippen molar-refractivity contribution in [1.29, 1.82) is 0 Å². The molecule has 6 heteroatoms. The zero-order valence-electron chi connectivity index (χ0n) is 9.22. The van der Waals surface area contributed by atoms with E-state index in [4.69, 9.17) is 0 Å². The number of phenols is 1. The molecular weight excluding hydrogens is 225 g/mol. The molecule has 1 unspecified atom stereocenters. The van der Waals surface area contributed by atoms with E-state index in [9.17, 15) is 9.50 Å². The predicted molar refractivity (Wildman–Crippen MR) is 57.6 cm³/mol. The standard InChI is InChI=1S/C11H12FN3O2/c1-7(13-5-11-14-6-17-15-11)9-3-2-8(12)4-10(9)16/h2-4,6-7,13,16H,5H2,1H3. The molecule has 0 aliphatic rings. The molecule has 0 aliphatic carbocycles. The number of aromatic hydroxyl groups is 1. The summed E-state index contributed by atoms with van der Waals surface area (Å²) < 4.78 is 17.4. The van der Waals surface area contributed by atoms with Gasteiger partial charge in [-0.25, -0.2) is 4.39 Å². The Morgan fingerprint density at radius 2 is 2.35 bits per heavy atom. The molecule has 0 aliphatic heterocycles. The lowest BCUT2D eigenvalue weighted by molar-refractivity contribution is 0.403. The maximum atomic E-state index is 12.8. The summed E-state index contributed by atoms with van der Waals surface area (Å²) in [6.07, 6.45) is 1.25. The summed E-state index contributed by atoms with van der Waals surface area (Å²) in [7, 11) is 0. The second-order valence-corrected chi connectivity index (χ2v) is 3.65. The molecule has 5 nitrogen and oxygen atoms in total. The maximum absolute atomic E-state index is 12.8. The van der Waals surface area contributed by atoms with Crippen LogP contribution in [-0.2, 0) is 6.54 Å². The number of halogens is 1. The monoisotopic (exact) mass is 237 g/mol. The molecule has 1 atom stereocenters. The van der Waals surface area contributed by atoms with Gasteiger partial charge in [0.2, 0.25) is 6.39 Å². The van der Waals surface area contributed by atoms with Crippen LogP contribution in [0.3, 0.4) is 0 Å². The number of hydrogen-bond donors (Lipinski definition) is 2. The molecule has 0 amide bonds. The van der Waals surface area contributed by atoms with Crippen LogP contribution in [0.15, 0.2) is 29.1 Å². The first-order valence-electron chi connectivity index (χ1n) is 5.14. The highest BCUT2D eigenvalue weighted by Gasteiger charge is 2.11. The second-order valence-electron chi connectivity index (χ2n) is 3.65. The van der Waals surface area contributed by atoms with Gasteiger partial charge in [-0.3, -0.25) is 0 Å². The number of rotatable bonds is 4. The Morgan fingerprint density at radius 3 is 3.00 bits per heavy atom. The SMILES string of the molecule is CC(NCc1ncon1)c1ccc(F)cc1O. The zero-order chi connectivity index (χ0) is 12.3. The molecule has 1 heterocycles. The van der Waals surface area contributed by atoms with Crippen LogP contribution in [0.1, 0.15) is 24.4 Å². The summed E-state index contributed by atoms with van der Waals surface area (Å²) in [6.45, 7) is 2.27. The van der Waals surface area contributed by atoms with Crippen molar-refractivity contribution in [3.8, 4) is 5.75 Å². The minimum atomic E-state index is -0.461. The summed E-state index contributed by atoms with van der Waals surface area (Å²) in [5.41, 5.74) is 0.620. The molecule has 1 aromatic carbocycles. The highest BCUT2D eigenvalue weighted by Crippen LogP contribution is 2.24. The number of nitrogens with one attached hydrogen (secondary N) is 1. The van der Waals surface area contributed by atoms with E-state index < -0.39 is 5.82 Å². The van der Waals surface area contributed by atoms with Gasteiger partial charge in [0.15, 0.2) is 5.82 Å². The van der Waals surface area contributed by atoms with E-state index in [0.717, 1.165) is 6.07 Å². The Hall–Kier alpha value is -1.95. The number of benzene rings is 1. The van der Waals surface area contributed by atoms with E-state index in [0.29, 0.717) is 17.9 Å². The summed E-state index contributed by atoms with van der Waals surface area (Å²) in [5.74, 6) is -0.00631. The number of aromatic nitrogens is 2. The van der Waals surface area contributed by atoms with Crippen molar-refractivity contribution in [3.63, 3.8) is 0 Å². The van der Waals surface area contributed by atoms with Gasteiger partial charge < -0.3 is 14.9 Å². The average molecular weight is 237 g/mol. The minimum absolute atomic E-state index is 0.0712. The molecule has 0 radical (unpaired) electrons. The molecule has 1 aromatic heterocycles. The lowest BCUT2D eigenvalue weighted by Gasteiger charge is -2.14. The molecule has 17 heavy (non-hydrogen) atoms. The normalized spacial score (nSPS) is 12.6. The maximum Gasteiger partial charge on any atom is 0.213 e. The summed E-state index contributed by atoms with van der Waals surface area (Å²) >= 11 is 0. The Bertz CT molecular complexity index is 487. The van der Waals surface area contributed by atoms with Crippen LogP contribution in [0, 0.1) is 5.82 Å². The number of phenolic OH excluding ortho intramolecular Hbond substituents is 1. The molecule has 0 fully saturated rings.